The molecule has 96 valence electrons. The van der Waals surface area contributed by atoms with Crippen molar-refractivity contribution in [2.45, 2.75) is 19.1 Å². The summed E-state index contributed by atoms with van der Waals surface area (Å²) in [6.45, 7) is 2.37. The van der Waals surface area contributed by atoms with Crippen LogP contribution in [0.4, 0.5) is 4.39 Å². The Morgan fingerprint density at radius 3 is 2.89 bits per heavy atom. The van der Waals surface area contributed by atoms with Gasteiger partial charge < -0.3 is 10.4 Å². The fraction of sp³-hybridized carbons (Fsp3) is 0.308. The first-order chi connectivity index (χ1) is 8.66. The van der Waals surface area contributed by atoms with E-state index in [4.69, 9.17) is 0 Å². The van der Waals surface area contributed by atoms with E-state index >= 15 is 0 Å². The molecule has 0 radical (unpaired) electrons. The van der Waals surface area contributed by atoms with Crippen molar-refractivity contribution >= 4 is 11.3 Å². The first-order valence-corrected chi connectivity index (χ1v) is 6.66. The van der Waals surface area contributed by atoms with Crippen molar-refractivity contribution in [2.24, 2.45) is 0 Å². The summed E-state index contributed by atoms with van der Waals surface area (Å²) < 4.78 is 12.7. The molecule has 2 rings (SSSR count). The zero-order valence-corrected chi connectivity index (χ0v) is 10.8. The van der Waals surface area contributed by atoms with Crippen molar-refractivity contribution in [2.75, 3.05) is 6.54 Å². The van der Waals surface area contributed by atoms with E-state index in [1.807, 2.05) is 23.8 Å². The third kappa shape index (κ3) is 3.35. The minimum absolute atomic E-state index is 0.0288. The maximum atomic E-state index is 12.7. The molecule has 0 aliphatic rings. The van der Waals surface area contributed by atoms with Crippen molar-refractivity contribution in [3.05, 3.63) is 52.2 Å². The topological polar surface area (TPSA) is 45.1 Å². The van der Waals surface area contributed by atoms with Crippen LogP contribution in [0.2, 0.25) is 0 Å². The van der Waals surface area contributed by atoms with Gasteiger partial charge >= 0.3 is 0 Å². The van der Waals surface area contributed by atoms with Crippen LogP contribution in [0.25, 0.3) is 0 Å². The standard InChI is InChI=1S/C13H15FN2OS/c1-9(12-3-2-11(14)6-16-12)15-7-13(17)10-4-5-18-8-10/h2-6,8-9,13,15,17H,7H2,1H3. The molecule has 2 heterocycles. The predicted molar refractivity (Wildman–Crippen MR) is 69.9 cm³/mol. The second-order valence-electron chi connectivity index (χ2n) is 4.10. The lowest BCUT2D eigenvalue weighted by molar-refractivity contribution is 0.171. The lowest BCUT2D eigenvalue weighted by Crippen LogP contribution is -2.25. The number of thiophene rings is 1. The first-order valence-electron chi connectivity index (χ1n) is 5.72. The van der Waals surface area contributed by atoms with Gasteiger partial charge in [-0.2, -0.15) is 11.3 Å². The molecular formula is C13H15FN2OS. The molecule has 0 aliphatic heterocycles. The molecule has 0 saturated heterocycles. The van der Waals surface area contributed by atoms with E-state index in [1.165, 1.54) is 12.3 Å². The normalized spacial score (nSPS) is 14.4. The van der Waals surface area contributed by atoms with Gasteiger partial charge in [0.25, 0.3) is 0 Å². The van der Waals surface area contributed by atoms with E-state index in [0.29, 0.717) is 6.54 Å². The molecule has 2 N–H and O–H groups in total. The van der Waals surface area contributed by atoms with E-state index < -0.39 is 6.10 Å². The molecule has 0 saturated carbocycles. The zero-order chi connectivity index (χ0) is 13.0. The number of hydrogen-bond acceptors (Lipinski definition) is 4. The molecule has 2 aromatic heterocycles. The van der Waals surface area contributed by atoms with E-state index in [0.717, 1.165) is 11.3 Å². The minimum atomic E-state index is -0.529. The summed E-state index contributed by atoms with van der Waals surface area (Å²) in [5.74, 6) is -0.343. The highest BCUT2D eigenvalue weighted by Crippen LogP contribution is 2.17. The van der Waals surface area contributed by atoms with Gasteiger partial charge in [-0.3, -0.25) is 4.98 Å². The van der Waals surface area contributed by atoms with Crippen molar-refractivity contribution in [1.82, 2.24) is 10.3 Å². The number of aliphatic hydroxyl groups is 1. The number of nitrogens with zero attached hydrogens (tertiary/aromatic N) is 1. The van der Waals surface area contributed by atoms with Crippen LogP contribution in [0.3, 0.4) is 0 Å². The predicted octanol–water partition coefficient (Wildman–Crippen LogP) is 2.67. The third-order valence-corrected chi connectivity index (χ3v) is 3.44. The molecule has 2 atom stereocenters. The summed E-state index contributed by atoms with van der Waals surface area (Å²) in [6.07, 6.45) is 0.669. The molecule has 3 nitrogen and oxygen atoms in total. The van der Waals surface area contributed by atoms with E-state index in [-0.39, 0.29) is 11.9 Å². The number of nitrogens with one attached hydrogen (secondary N) is 1. The van der Waals surface area contributed by atoms with Crippen LogP contribution in [0, 0.1) is 5.82 Å². The van der Waals surface area contributed by atoms with Crippen molar-refractivity contribution < 1.29 is 9.50 Å². The molecule has 0 amide bonds. The van der Waals surface area contributed by atoms with Gasteiger partial charge in [-0.15, -0.1) is 0 Å². The van der Waals surface area contributed by atoms with Crippen LogP contribution >= 0.6 is 11.3 Å². The quantitative estimate of drug-likeness (QED) is 0.874. The average molecular weight is 266 g/mol. The SMILES string of the molecule is CC(NCC(O)c1ccsc1)c1ccc(F)cn1. The number of rotatable bonds is 5. The Morgan fingerprint density at radius 2 is 2.28 bits per heavy atom. The molecule has 0 aliphatic carbocycles. The number of aliphatic hydroxyl groups excluding tert-OH is 1. The second-order valence-corrected chi connectivity index (χ2v) is 4.88. The molecule has 2 aromatic rings. The Labute approximate surface area is 109 Å². The summed E-state index contributed by atoms with van der Waals surface area (Å²) in [4.78, 5) is 4.00. The Hall–Kier alpha value is -1.30. The molecule has 0 aromatic carbocycles. The Kier molecular flexibility index (Phi) is 4.41. The highest BCUT2D eigenvalue weighted by molar-refractivity contribution is 7.07. The molecule has 5 heteroatoms. The molecular weight excluding hydrogens is 251 g/mol. The lowest BCUT2D eigenvalue weighted by atomic mass is 10.1. The van der Waals surface area contributed by atoms with Crippen molar-refractivity contribution in [1.29, 1.82) is 0 Å². The summed E-state index contributed by atoms with van der Waals surface area (Å²) >= 11 is 1.56. The highest BCUT2D eigenvalue weighted by Gasteiger charge is 2.11. The van der Waals surface area contributed by atoms with Crippen LogP contribution < -0.4 is 5.32 Å². The monoisotopic (exact) mass is 266 g/mol. The number of hydrogen-bond donors (Lipinski definition) is 2. The maximum Gasteiger partial charge on any atom is 0.141 e. The lowest BCUT2D eigenvalue weighted by Gasteiger charge is -2.16. The molecule has 18 heavy (non-hydrogen) atoms. The van der Waals surface area contributed by atoms with Crippen LogP contribution in [-0.2, 0) is 0 Å². The van der Waals surface area contributed by atoms with Gasteiger partial charge in [0, 0.05) is 12.6 Å². The average Bonchev–Trinajstić information content (AvgIpc) is 2.90. The van der Waals surface area contributed by atoms with E-state index in [9.17, 15) is 9.50 Å². The van der Waals surface area contributed by atoms with Gasteiger partial charge in [0.1, 0.15) is 5.82 Å². The number of halogens is 1. The van der Waals surface area contributed by atoms with Gasteiger partial charge in [-0.1, -0.05) is 0 Å². The largest absolute Gasteiger partial charge is 0.387 e. The highest BCUT2D eigenvalue weighted by atomic mass is 32.1. The maximum absolute atomic E-state index is 12.7. The smallest absolute Gasteiger partial charge is 0.141 e. The Morgan fingerprint density at radius 1 is 1.44 bits per heavy atom. The fourth-order valence-corrected chi connectivity index (χ4v) is 2.33. The Balaban J connectivity index is 1.88. The van der Waals surface area contributed by atoms with Crippen LogP contribution in [-0.4, -0.2) is 16.6 Å². The van der Waals surface area contributed by atoms with Gasteiger partial charge in [-0.05, 0) is 41.4 Å². The minimum Gasteiger partial charge on any atom is -0.387 e. The third-order valence-electron chi connectivity index (χ3n) is 2.74. The zero-order valence-electron chi connectivity index (χ0n) is 10.0. The second kappa shape index (κ2) is 6.04. The van der Waals surface area contributed by atoms with E-state index in [1.54, 1.807) is 17.4 Å². The molecule has 0 spiro atoms. The number of aromatic nitrogens is 1. The van der Waals surface area contributed by atoms with Crippen LogP contribution in [0.15, 0.2) is 35.2 Å². The summed E-state index contributed by atoms with van der Waals surface area (Å²) in [6, 6.07) is 4.90. The van der Waals surface area contributed by atoms with Crippen LogP contribution in [0.1, 0.15) is 30.3 Å². The van der Waals surface area contributed by atoms with Crippen molar-refractivity contribution in [3.8, 4) is 0 Å². The number of pyridine rings is 1. The van der Waals surface area contributed by atoms with Gasteiger partial charge in [0.05, 0.1) is 18.0 Å². The summed E-state index contributed by atoms with van der Waals surface area (Å²) in [5, 5.41) is 16.9. The van der Waals surface area contributed by atoms with Crippen LogP contribution in [0.5, 0.6) is 0 Å². The van der Waals surface area contributed by atoms with Crippen molar-refractivity contribution in [3.63, 3.8) is 0 Å². The molecule has 0 fully saturated rings. The van der Waals surface area contributed by atoms with Gasteiger partial charge in [-0.25, -0.2) is 4.39 Å². The molecule has 0 bridgehead atoms. The summed E-state index contributed by atoms with van der Waals surface area (Å²) in [5.41, 5.74) is 1.67. The van der Waals surface area contributed by atoms with Gasteiger partial charge in [0.2, 0.25) is 0 Å². The molecule has 2 unspecified atom stereocenters. The van der Waals surface area contributed by atoms with E-state index in [2.05, 4.69) is 10.3 Å². The fourth-order valence-electron chi connectivity index (χ4n) is 1.62. The summed E-state index contributed by atoms with van der Waals surface area (Å²) in [7, 11) is 0. The first kappa shape index (κ1) is 13.1. The Bertz CT molecular complexity index is 472. The van der Waals surface area contributed by atoms with Gasteiger partial charge in [0.15, 0.2) is 0 Å².